The first-order valence-corrected chi connectivity index (χ1v) is 27.1. The molecule has 0 fully saturated rings. The maximum absolute atomic E-state index is 14.2. The van der Waals surface area contributed by atoms with Crippen molar-refractivity contribution >= 4 is 88.6 Å². The number of nitrogens with two attached hydrogens (primary N) is 4. The van der Waals surface area contributed by atoms with E-state index in [4.69, 9.17) is 22.9 Å². The smallest absolute Gasteiger partial charge is 0.328 e. The van der Waals surface area contributed by atoms with Crippen molar-refractivity contribution in [3.8, 4) is 0 Å². The van der Waals surface area contributed by atoms with Crippen LogP contribution >= 0.6 is 23.5 Å². The van der Waals surface area contributed by atoms with E-state index < -0.39 is 138 Å². The number of unbranched alkanes of at least 4 members (excludes halogenated alkanes) is 2. The van der Waals surface area contributed by atoms with Gasteiger partial charge in [0.1, 0.15) is 48.3 Å². The van der Waals surface area contributed by atoms with E-state index in [1.165, 1.54) is 23.5 Å². The molecule has 26 nitrogen and oxygen atoms in total. The number of hydrogen-bond acceptors (Lipinski definition) is 17. The van der Waals surface area contributed by atoms with E-state index in [-0.39, 0.29) is 57.5 Å². The maximum atomic E-state index is 14.2. The summed E-state index contributed by atoms with van der Waals surface area (Å²) >= 11 is 2.84. The van der Waals surface area contributed by atoms with Crippen molar-refractivity contribution in [3.63, 3.8) is 0 Å². The summed E-state index contributed by atoms with van der Waals surface area (Å²) in [5.74, 6) is -10.7. The quantitative estimate of drug-likeness (QED) is 0.0265. The molecule has 19 N–H and O–H groups in total. The first kappa shape index (κ1) is 67.7. The summed E-state index contributed by atoms with van der Waals surface area (Å²) < 4.78 is 0. The van der Waals surface area contributed by atoms with E-state index in [9.17, 15) is 68.1 Å². The highest BCUT2D eigenvalue weighted by atomic mass is 32.2. The second-order valence-corrected chi connectivity index (χ2v) is 20.1. The van der Waals surface area contributed by atoms with E-state index in [0.29, 0.717) is 43.6 Å². The van der Waals surface area contributed by atoms with Gasteiger partial charge in [-0.1, -0.05) is 27.7 Å². The van der Waals surface area contributed by atoms with E-state index in [1.807, 2.05) is 11.6 Å². The Balaban J connectivity index is 6.70. The molecule has 0 radical (unpaired) electrons. The van der Waals surface area contributed by atoms with Crippen LogP contribution in [0.25, 0.3) is 0 Å². The molecule has 3 unspecified atom stereocenters. The molecule has 9 amide bonds. The number of hydrogen-bond donors (Lipinski definition) is 15. The van der Waals surface area contributed by atoms with E-state index in [2.05, 4.69) is 37.2 Å². The Kier molecular flexibility index (Phi) is 34.7. The number of rotatable bonds is 40. The summed E-state index contributed by atoms with van der Waals surface area (Å²) in [7, 11) is 0. The van der Waals surface area contributed by atoms with Crippen molar-refractivity contribution in [2.45, 2.75) is 159 Å². The average Bonchev–Trinajstić information content (AvgIpc) is 3.31. The number of carbonyl (C=O) groups excluding carboxylic acids is 9. The van der Waals surface area contributed by atoms with Crippen LogP contribution in [0.4, 0.5) is 0 Å². The van der Waals surface area contributed by atoms with Gasteiger partial charge < -0.3 is 80.8 Å². The van der Waals surface area contributed by atoms with Gasteiger partial charge in [-0.25, -0.2) is 4.79 Å². The van der Waals surface area contributed by atoms with Crippen molar-refractivity contribution in [2.75, 3.05) is 43.7 Å². The summed E-state index contributed by atoms with van der Waals surface area (Å²) in [4.78, 5) is 144. The molecule has 418 valence electrons. The van der Waals surface area contributed by atoms with Gasteiger partial charge in [-0.15, -0.1) is 0 Å². The van der Waals surface area contributed by atoms with Gasteiger partial charge in [-0.2, -0.15) is 23.5 Å². The van der Waals surface area contributed by atoms with Crippen LogP contribution in [0.1, 0.15) is 105 Å². The standard InChI is InChI=1S/C45H82N12O14S2/c1-24(2)21-31(42(67)54-32(22-35(60)61)43(68)56-33(23-58)45(70)71)55-44(69)36(25(3)4)57-41(66)28(12-8-10-18-47)52-38(63)27(11-7-9-17-46)51-40(65)30(16-20-73-6)53-39(64)29(13-14-34(49)59)50-37(62)26(48)15-19-72-5/h24-33,36,58H,7-23,46-48H2,1-6H3,(H2,49,59)(H,50,62)(H,51,65)(H,52,63)(H,53,64)(H,54,67)(H,55,69)(H,56,68)(H,57,66)(H,60,61)(H,70,71)/t26-,27-,28?,29-,30?,31?,32-,33-,36-/m0/s1. The molecule has 0 aliphatic rings. The van der Waals surface area contributed by atoms with E-state index in [1.54, 1.807) is 34.0 Å². The summed E-state index contributed by atoms with van der Waals surface area (Å²) in [5.41, 5.74) is 22.9. The number of thioether (sulfide) groups is 2. The molecule has 0 aliphatic heterocycles. The number of aliphatic hydroxyl groups is 1. The second kappa shape index (κ2) is 37.4. The van der Waals surface area contributed by atoms with Crippen LogP contribution in [0.15, 0.2) is 0 Å². The Morgan fingerprint density at radius 3 is 1.32 bits per heavy atom. The fourth-order valence-electron chi connectivity index (χ4n) is 6.92. The molecule has 0 aromatic rings. The first-order chi connectivity index (χ1) is 34.4. The van der Waals surface area contributed by atoms with E-state index in [0.717, 1.165) is 0 Å². The molecule has 0 rings (SSSR count). The van der Waals surface area contributed by atoms with Crippen molar-refractivity contribution < 1.29 is 68.1 Å². The van der Waals surface area contributed by atoms with Gasteiger partial charge in [-0.3, -0.25) is 47.9 Å². The molecule has 0 saturated carbocycles. The molecule has 0 aliphatic carbocycles. The molecule has 0 saturated heterocycles. The summed E-state index contributed by atoms with van der Waals surface area (Å²) in [6.45, 7) is 6.10. The van der Waals surface area contributed by atoms with Crippen LogP contribution in [-0.2, 0) is 52.7 Å². The van der Waals surface area contributed by atoms with Gasteiger partial charge in [0.2, 0.25) is 53.2 Å². The predicted molar refractivity (Wildman–Crippen MR) is 275 cm³/mol. The molecule has 0 aromatic heterocycles. The minimum Gasteiger partial charge on any atom is -0.481 e. The number of carbonyl (C=O) groups is 11. The SMILES string of the molecule is CSCCC(NC(=O)[C@H](CCC(N)=O)NC(=O)[C@@H](N)CCSC)C(=O)N[C@@H](CCCCN)C(=O)NC(CCCCN)C(=O)N[C@H](C(=O)NC(CC(C)C)C(=O)N[C@@H](CC(=O)O)C(=O)N[C@@H](CO)C(=O)O)C(C)C. The monoisotopic (exact) mass is 1080 g/mol. The number of aliphatic hydroxyl groups excluding tert-OH is 1. The summed E-state index contributed by atoms with van der Waals surface area (Å²) in [6.07, 6.45) is 4.19. The Morgan fingerprint density at radius 1 is 0.493 bits per heavy atom. The highest BCUT2D eigenvalue weighted by Crippen LogP contribution is 2.13. The highest BCUT2D eigenvalue weighted by Gasteiger charge is 2.36. The maximum Gasteiger partial charge on any atom is 0.328 e. The summed E-state index contributed by atoms with van der Waals surface area (Å²) in [5, 5.41) is 48.1. The van der Waals surface area contributed by atoms with Crippen LogP contribution in [0.3, 0.4) is 0 Å². The topological polar surface area (TPSA) is 449 Å². The van der Waals surface area contributed by atoms with Gasteiger partial charge in [0.15, 0.2) is 0 Å². The van der Waals surface area contributed by atoms with E-state index >= 15 is 0 Å². The fourth-order valence-corrected chi connectivity index (χ4v) is 7.88. The normalized spacial score (nSPS) is 14.9. The lowest BCUT2D eigenvalue weighted by Crippen LogP contribution is -2.61. The number of aliphatic carboxylic acids is 2. The molecule has 9 atom stereocenters. The van der Waals surface area contributed by atoms with Gasteiger partial charge in [-0.05, 0) is 113 Å². The Bertz CT molecular complexity index is 1820. The molecule has 0 spiro atoms. The van der Waals surface area contributed by atoms with Crippen molar-refractivity contribution in [1.82, 2.24) is 42.5 Å². The third-order valence-corrected chi connectivity index (χ3v) is 12.4. The minimum absolute atomic E-state index is 0.0286. The van der Waals surface area contributed by atoms with Crippen molar-refractivity contribution in [2.24, 2.45) is 34.8 Å². The second-order valence-electron chi connectivity index (χ2n) is 18.2. The first-order valence-electron chi connectivity index (χ1n) is 24.3. The highest BCUT2D eigenvalue weighted by molar-refractivity contribution is 7.98. The molecule has 0 bridgehead atoms. The predicted octanol–water partition coefficient (Wildman–Crippen LogP) is -3.52. The zero-order valence-corrected chi connectivity index (χ0v) is 44.5. The lowest BCUT2D eigenvalue weighted by Gasteiger charge is -2.29. The zero-order chi connectivity index (χ0) is 55.8. The number of amides is 9. The molecule has 73 heavy (non-hydrogen) atoms. The van der Waals surface area contributed by atoms with Crippen LogP contribution in [-0.4, -0.2) is 179 Å². The third-order valence-electron chi connectivity index (χ3n) is 11.1. The van der Waals surface area contributed by atoms with Crippen molar-refractivity contribution in [3.05, 3.63) is 0 Å². The fraction of sp³-hybridized carbons (Fsp3) is 0.756. The Hall–Kier alpha value is -5.29. The number of primary amides is 1. The number of carboxylic acid groups (broad SMARTS) is 2. The Labute approximate surface area is 435 Å². The van der Waals surface area contributed by atoms with Gasteiger partial charge in [0, 0.05) is 6.42 Å². The molecular formula is C45H82N12O14S2. The van der Waals surface area contributed by atoms with Gasteiger partial charge in [0.25, 0.3) is 0 Å². The molecule has 28 heteroatoms. The van der Waals surface area contributed by atoms with Gasteiger partial charge in [0.05, 0.1) is 19.1 Å². The minimum atomic E-state index is -1.82. The molecular weight excluding hydrogens is 997 g/mol. The van der Waals surface area contributed by atoms with Crippen LogP contribution < -0.4 is 65.5 Å². The van der Waals surface area contributed by atoms with Crippen LogP contribution in [0, 0.1) is 11.8 Å². The third kappa shape index (κ3) is 28.1. The number of carboxylic acids is 2. The zero-order valence-electron chi connectivity index (χ0n) is 42.8. The average molecular weight is 1080 g/mol. The largest absolute Gasteiger partial charge is 0.481 e. The lowest BCUT2D eigenvalue weighted by molar-refractivity contribution is -0.144. The summed E-state index contributed by atoms with van der Waals surface area (Å²) in [6, 6.07) is -12.4. The van der Waals surface area contributed by atoms with Crippen molar-refractivity contribution in [1.29, 1.82) is 0 Å². The van der Waals surface area contributed by atoms with Crippen LogP contribution in [0.2, 0.25) is 0 Å². The molecule has 0 heterocycles. The number of nitrogens with one attached hydrogen (secondary N) is 8. The Morgan fingerprint density at radius 2 is 0.890 bits per heavy atom. The van der Waals surface area contributed by atoms with Crippen LogP contribution in [0.5, 0.6) is 0 Å². The molecule has 0 aromatic carbocycles. The lowest BCUT2D eigenvalue weighted by atomic mass is 9.98. The van der Waals surface area contributed by atoms with Gasteiger partial charge >= 0.3 is 11.9 Å².